The van der Waals surface area contributed by atoms with E-state index in [4.69, 9.17) is 9.47 Å². The molecule has 0 radical (unpaired) electrons. The van der Waals surface area contributed by atoms with Crippen LogP contribution in [0.25, 0.3) is 6.08 Å². The molecular weight excluding hydrogens is 320 g/mol. The normalized spacial score (nSPS) is 15.1. The third kappa shape index (κ3) is 2.23. The number of carbonyl (C=O) groups is 1. The molecule has 0 atom stereocenters. The van der Waals surface area contributed by atoms with Gasteiger partial charge < -0.3 is 9.47 Å². The first-order chi connectivity index (χ1) is 9.69. The highest BCUT2D eigenvalue weighted by Gasteiger charge is 2.27. The maximum absolute atomic E-state index is 12.3. The molecule has 4 heteroatoms. The smallest absolute Gasteiger partial charge is 0.231 e. The lowest BCUT2D eigenvalue weighted by Gasteiger charge is -2.02. The van der Waals surface area contributed by atoms with Crippen molar-refractivity contribution in [2.75, 3.05) is 7.11 Å². The van der Waals surface area contributed by atoms with Gasteiger partial charge in [0, 0.05) is 10.5 Å². The molecule has 3 rings (SSSR count). The van der Waals surface area contributed by atoms with Gasteiger partial charge in [0.15, 0.2) is 5.76 Å². The number of rotatable bonds is 2. The van der Waals surface area contributed by atoms with E-state index in [0.29, 0.717) is 22.8 Å². The van der Waals surface area contributed by atoms with Crippen molar-refractivity contribution in [3.63, 3.8) is 0 Å². The third-order valence-electron chi connectivity index (χ3n) is 3.07. The van der Waals surface area contributed by atoms with Crippen LogP contribution in [0.1, 0.15) is 15.9 Å². The summed E-state index contributed by atoms with van der Waals surface area (Å²) in [6.45, 7) is 0. The van der Waals surface area contributed by atoms with E-state index in [1.54, 1.807) is 31.4 Å². The average molecular weight is 331 g/mol. The van der Waals surface area contributed by atoms with Crippen LogP contribution in [0.5, 0.6) is 11.5 Å². The van der Waals surface area contributed by atoms with Crippen LogP contribution in [0.3, 0.4) is 0 Å². The second-order valence-corrected chi connectivity index (χ2v) is 5.18. The molecule has 0 N–H and O–H groups in total. The molecule has 0 spiro atoms. The van der Waals surface area contributed by atoms with Crippen LogP contribution in [-0.2, 0) is 0 Å². The molecule has 2 aromatic carbocycles. The van der Waals surface area contributed by atoms with Crippen LogP contribution < -0.4 is 9.47 Å². The molecule has 3 nitrogen and oxygen atoms in total. The van der Waals surface area contributed by atoms with Gasteiger partial charge in [-0.15, -0.1) is 0 Å². The number of fused-ring (bicyclic) bond motifs is 1. The first kappa shape index (κ1) is 12.9. The molecular formula is C16H11BrO3. The van der Waals surface area contributed by atoms with Gasteiger partial charge in [-0.2, -0.15) is 0 Å². The summed E-state index contributed by atoms with van der Waals surface area (Å²) in [5.74, 6) is 1.41. The molecule has 1 aliphatic heterocycles. The van der Waals surface area contributed by atoms with Crippen molar-refractivity contribution in [2.24, 2.45) is 0 Å². The minimum atomic E-state index is -0.113. The van der Waals surface area contributed by atoms with Crippen molar-refractivity contribution in [1.82, 2.24) is 0 Å². The number of benzene rings is 2. The predicted octanol–water partition coefficient (Wildman–Crippen LogP) is 4.07. The van der Waals surface area contributed by atoms with Crippen molar-refractivity contribution in [3.05, 3.63) is 63.8 Å². The number of hydrogen-bond acceptors (Lipinski definition) is 3. The minimum Gasteiger partial charge on any atom is -0.497 e. The Balaban J connectivity index is 1.99. The molecule has 0 aliphatic carbocycles. The Kier molecular flexibility index (Phi) is 3.32. The van der Waals surface area contributed by atoms with Crippen LogP contribution in [0.15, 0.2) is 52.7 Å². The lowest BCUT2D eigenvalue weighted by Crippen LogP contribution is -1.98. The summed E-state index contributed by atoms with van der Waals surface area (Å²) in [7, 11) is 1.58. The van der Waals surface area contributed by atoms with E-state index in [1.165, 1.54) is 0 Å². The lowest BCUT2D eigenvalue weighted by molar-refractivity contribution is 0.101. The van der Waals surface area contributed by atoms with Gasteiger partial charge >= 0.3 is 0 Å². The number of carbonyl (C=O) groups excluding carboxylic acids is 1. The zero-order valence-corrected chi connectivity index (χ0v) is 12.3. The summed E-state index contributed by atoms with van der Waals surface area (Å²) in [6, 6.07) is 12.8. The Hall–Kier alpha value is -2.07. The quantitative estimate of drug-likeness (QED) is 0.778. The number of methoxy groups -OCH3 is 1. The van der Waals surface area contributed by atoms with Gasteiger partial charge in [0.1, 0.15) is 11.5 Å². The molecule has 100 valence electrons. The molecule has 1 aliphatic rings. The Labute approximate surface area is 125 Å². The van der Waals surface area contributed by atoms with Crippen LogP contribution in [-0.4, -0.2) is 12.9 Å². The van der Waals surface area contributed by atoms with E-state index >= 15 is 0 Å². The molecule has 0 aromatic heterocycles. The fraction of sp³-hybridized carbons (Fsp3) is 0.0625. The maximum Gasteiger partial charge on any atom is 0.231 e. The van der Waals surface area contributed by atoms with Gasteiger partial charge in [-0.25, -0.2) is 0 Å². The van der Waals surface area contributed by atoms with Gasteiger partial charge in [0.2, 0.25) is 5.78 Å². The van der Waals surface area contributed by atoms with Crippen molar-refractivity contribution < 1.29 is 14.3 Å². The maximum atomic E-state index is 12.3. The number of ether oxygens (including phenoxy) is 2. The van der Waals surface area contributed by atoms with Crippen LogP contribution in [0, 0.1) is 0 Å². The number of halogens is 1. The molecule has 0 fully saturated rings. The van der Waals surface area contributed by atoms with Gasteiger partial charge in [0.25, 0.3) is 0 Å². The monoisotopic (exact) mass is 330 g/mol. The second-order valence-electron chi connectivity index (χ2n) is 4.32. The largest absolute Gasteiger partial charge is 0.497 e. The molecule has 0 saturated carbocycles. The fourth-order valence-electron chi connectivity index (χ4n) is 2.03. The number of Topliss-reactive ketones (excluding diaryl/α,β-unsaturated/α-hetero) is 1. The van der Waals surface area contributed by atoms with Crippen molar-refractivity contribution in [3.8, 4) is 11.5 Å². The Morgan fingerprint density at radius 3 is 2.75 bits per heavy atom. The van der Waals surface area contributed by atoms with Gasteiger partial charge in [-0.3, -0.25) is 4.79 Å². The van der Waals surface area contributed by atoms with Gasteiger partial charge in [-0.05, 0) is 29.8 Å². The minimum absolute atomic E-state index is 0.113. The first-order valence-corrected chi connectivity index (χ1v) is 6.85. The number of hydrogen-bond donors (Lipinski definition) is 0. The van der Waals surface area contributed by atoms with Gasteiger partial charge in [-0.1, -0.05) is 34.1 Å². The average Bonchev–Trinajstić information content (AvgIpc) is 2.77. The summed E-state index contributed by atoms with van der Waals surface area (Å²) in [4.78, 5) is 12.3. The van der Waals surface area contributed by atoms with Crippen LogP contribution >= 0.6 is 15.9 Å². The SMILES string of the molecule is COc1ccc2c(c1)OC(=Cc1ccccc1Br)C2=O. The lowest BCUT2D eigenvalue weighted by atomic mass is 10.1. The molecule has 0 unspecified atom stereocenters. The molecule has 1 heterocycles. The van der Waals surface area contributed by atoms with Gasteiger partial charge in [0.05, 0.1) is 12.7 Å². The highest BCUT2D eigenvalue weighted by molar-refractivity contribution is 9.10. The zero-order valence-electron chi connectivity index (χ0n) is 10.7. The Morgan fingerprint density at radius 2 is 2.00 bits per heavy atom. The second kappa shape index (κ2) is 5.13. The van der Waals surface area contributed by atoms with E-state index in [2.05, 4.69) is 15.9 Å². The van der Waals surface area contributed by atoms with E-state index in [9.17, 15) is 4.79 Å². The predicted molar refractivity (Wildman–Crippen MR) is 80.1 cm³/mol. The Morgan fingerprint density at radius 1 is 1.20 bits per heavy atom. The molecule has 20 heavy (non-hydrogen) atoms. The fourth-order valence-corrected chi connectivity index (χ4v) is 2.43. The number of allylic oxidation sites excluding steroid dienone is 1. The summed E-state index contributed by atoms with van der Waals surface area (Å²) < 4.78 is 11.7. The summed E-state index contributed by atoms with van der Waals surface area (Å²) in [5, 5.41) is 0. The van der Waals surface area contributed by atoms with Crippen molar-refractivity contribution in [1.29, 1.82) is 0 Å². The van der Waals surface area contributed by atoms with E-state index in [0.717, 1.165) is 10.0 Å². The highest BCUT2D eigenvalue weighted by Crippen LogP contribution is 2.35. The Bertz CT molecular complexity index is 719. The summed E-state index contributed by atoms with van der Waals surface area (Å²) in [6.07, 6.45) is 1.74. The topological polar surface area (TPSA) is 35.5 Å². The molecule has 0 bridgehead atoms. The van der Waals surface area contributed by atoms with Crippen molar-refractivity contribution in [2.45, 2.75) is 0 Å². The third-order valence-corrected chi connectivity index (χ3v) is 3.79. The molecule has 0 amide bonds. The van der Waals surface area contributed by atoms with E-state index in [-0.39, 0.29) is 5.78 Å². The zero-order chi connectivity index (χ0) is 14.1. The molecule has 0 saturated heterocycles. The molecule has 2 aromatic rings. The van der Waals surface area contributed by atoms with Crippen LogP contribution in [0.2, 0.25) is 0 Å². The highest BCUT2D eigenvalue weighted by atomic mass is 79.9. The van der Waals surface area contributed by atoms with E-state index < -0.39 is 0 Å². The standard InChI is InChI=1S/C16H11BrO3/c1-19-11-6-7-12-14(9-11)20-15(16(12)18)8-10-4-2-3-5-13(10)17/h2-9H,1H3. The summed E-state index contributed by atoms with van der Waals surface area (Å²) >= 11 is 3.45. The van der Waals surface area contributed by atoms with E-state index in [1.807, 2.05) is 24.3 Å². The van der Waals surface area contributed by atoms with Crippen molar-refractivity contribution >= 4 is 27.8 Å². The number of ketones is 1. The van der Waals surface area contributed by atoms with Crippen LogP contribution in [0.4, 0.5) is 0 Å². The summed E-state index contributed by atoms with van der Waals surface area (Å²) in [5.41, 5.74) is 1.46. The first-order valence-electron chi connectivity index (χ1n) is 6.06.